The van der Waals surface area contributed by atoms with Gasteiger partial charge in [0.15, 0.2) is 4.90 Å². The molecule has 0 amide bonds. The van der Waals surface area contributed by atoms with Crippen LogP contribution in [0.25, 0.3) is 11.1 Å². The Bertz CT molecular complexity index is 572. The van der Waals surface area contributed by atoms with Gasteiger partial charge < -0.3 is 10.3 Å². The van der Waals surface area contributed by atoms with Crippen LogP contribution in [0.3, 0.4) is 0 Å². The van der Waals surface area contributed by atoms with Gasteiger partial charge in [-0.25, -0.2) is 0 Å². The number of nitrogen functional groups attached to an aromatic ring is 1. The maximum atomic E-state index is 12.6. The average Bonchev–Trinajstić information content (AvgIpc) is 2.37. The molecule has 0 spiro atoms. The molecule has 2 rings (SSSR count). The first-order valence-electron chi connectivity index (χ1n) is 5.33. The summed E-state index contributed by atoms with van der Waals surface area (Å²) in [5, 5.41) is 0. The number of halogens is 3. The molecule has 0 fully saturated rings. The van der Waals surface area contributed by atoms with Gasteiger partial charge in [-0.1, -0.05) is 30.3 Å². The molecule has 2 nitrogen and oxygen atoms in total. The Morgan fingerprint density at radius 1 is 1.00 bits per heavy atom. The van der Waals surface area contributed by atoms with Gasteiger partial charge in [0, 0.05) is 17.3 Å². The van der Waals surface area contributed by atoms with Crippen molar-refractivity contribution in [3.8, 4) is 11.1 Å². The van der Waals surface area contributed by atoms with Crippen molar-refractivity contribution in [2.24, 2.45) is 0 Å². The Kier molecular flexibility index (Phi) is 3.73. The molecule has 0 aliphatic carbocycles. The van der Waals surface area contributed by atoms with Gasteiger partial charge in [0.25, 0.3) is 0 Å². The standard InChI is InChI=1S/C13H10F3NOS/c14-13(15,16)19(18)12-8-10(17)6-7-11(12)9-4-2-1-3-5-9/h1-8H,17H2. The monoisotopic (exact) mass is 285 g/mol. The van der Waals surface area contributed by atoms with Gasteiger partial charge in [0.1, 0.15) is 0 Å². The van der Waals surface area contributed by atoms with Gasteiger partial charge in [-0.05, 0) is 17.7 Å². The molecule has 0 aliphatic rings. The second-order valence-corrected chi connectivity index (χ2v) is 5.28. The topological polar surface area (TPSA) is 49.1 Å². The van der Waals surface area contributed by atoms with Crippen LogP contribution < -0.4 is 5.73 Å². The van der Waals surface area contributed by atoms with E-state index in [-0.39, 0.29) is 16.1 Å². The second-order valence-electron chi connectivity index (χ2n) is 3.84. The maximum Gasteiger partial charge on any atom is 0.578 e. The van der Waals surface area contributed by atoms with Gasteiger partial charge in [-0.2, -0.15) is 0 Å². The molecule has 2 aromatic rings. The largest absolute Gasteiger partial charge is 0.604 e. The third-order valence-corrected chi connectivity index (χ3v) is 3.66. The van der Waals surface area contributed by atoms with E-state index in [1.54, 1.807) is 30.3 Å². The fourth-order valence-corrected chi connectivity index (χ4v) is 2.55. The number of hydrogen-bond donors (Lipinski definition) is 1. The van der Waals surface area contributed by atoms with Crippen LogP contribution in [0.4, 0.5) is 18.9 Å². The zero-order valence-electron chi connectivity index (χ0n) is 9.65. The van der Waals surface area contributed by atoms with Crippen LogP contribution in [0.5, 0.6) is 0 Å². The minimum atomic E-state index is -4.81. The highest BCUT2D eigenvalue weighted by molar-refractivity contribution is 7.92. The van der Waals surface area contributed by atoms with Crippen LogP contribution in [0.15, 0.2) is 53.4 Å². The van der Waals surface area contributed by atoms with E-state index in [1.807, 2.05) is 0 Å². The Morgan fingerprint density at radius 3 is 2.21 bits per heavy atom. The second kappa shape index (κ2) is 5.14. The summed E-state index contributed by atoms with van der Waals surface area (Å²) in [6.07, 6.45) is 0. The fourth-order valence-electron chi connectivity index (χ4n) is 1.67. The normalized spacial score (nSPS) is 13.3. The molecule has 2 aromatic carbocycles. The molecule has 2 N–H and O–H groups in total. The van der Waals surface area contributed by atoms with E-state index < -0.39 is 16.7 Å². The summed E-state index contributed by atoms with van der Waals surface area (Å²) in [6, 6.07) is 12.5. The molecule has 0 saturated carbocycles. The van der Waals surface area contributed by atoms with Crippen molar-refractivity contribution in [3.63, 3.8) is 0 Å². The average molecular weight is 285 g/mol. The highest BCUT2D eigenvalue weighted by Crippen LogP contribution is 2.37. The van der Waals surface area contributed by atoms with Crippen LogP contribution in [-0.4, -0.2) is 10.1 Å². The Labute approximate surface area is 111 Å². The van der Waals surface area contributed by atoms with Crippen molar-refractivity contribution in [3.05, 3.63) is 48.5 Å². The molecule has 19 heavy (non-hydrogen) atoms. The Hall–Kier alpha value is -1.66. The summed E-state index contributed by atoms with van der Waals surface area (Å²) in [7, 11) is 0. The van der Waals surface area contributed by atoms with Crippen LogP contribution in [-0.2, 0) is 11.2 Å². The lowest BCUT2D eigenvalue weighted by Gasteiger charge is -2.16. The van der Waals surface area contributed by atoms with Gasteiger partial charge in [0.05, 0.1) is 11.2 Å². The third kappa shape index (κ3) is 3.02. The van der Waals surface area contributed by atoms with Crippen molar-refractivity contribution in [1.29, 1.82) is 0 Å². The molecule has 1 unspecified atom stereocenters. The summed E-state index contributed by atoms with van der Waals surface area (Å²) < 4.78 is 49.4. The lowest BCUT2D eigenvalue weighted by molar-refractivity contribution is -0.0435. The maximum absolute atomic E-state index is 12.6. The van der Waals surface area contributed by atoms with Crippen molar-refractivity contribution in [1.82, 2.24) is 0 Å². The molecule has 0 aromatic heterocycles. The molecule has 1 atom stereocenters. The predicted molar refractivity (Wildman–Crippen MR) is 68.8 cm³/mol. The van der Waals surface area contributed by atoms with Crippen molar-refractivity contribution in [2.75, 3.05) is 5.73 Å². The minimum Gasteiger partial charge on any atom is -0.604 e. The number of hydrogen-bond acceptors (Lipinski definition) is 2. The van der Waals surface area contributed by atoms with Gasteiger partial charge in [0.2, 0.25) is 0 Å². The lowest BCUT2D eigenvalue weighted by Crippen LogP contribution is -2.24. The summed E-state index contributed by atoms with van der Waals surface area (Å²) in [6.45, 7) is 0. The Balaban J connectivity index is 2.57. The van der Waals surface area contributed by atoms with Crippen molar-refractivity contribution >= 4 is 16.9 Å². The first-order chi connectivity index (χ1) is 8.89. The van der Waals surface area contributed by atoms with Crippen LogP contribution in [0, 0.1) is 0 Å². The molecule has 6 heteroatoms. The molecule has 100 valence electrons. The predicted octanol–water partition coefficient (Wildman–Crippen LogP) is 3.56. The van der Waals surface area contributed by atoms with Gasteiger partial charge >= 0.3 is 5.51 Å². The van der Waals surface area contributed by atoms with Crippen LogP contribution in [0.2, 0.25) is 0 Å². The lowest BCUT2D eigenvalue weighted by atomic mass is 10.1. The summed E-state index contributed by atoms with van der Waals surface area (Å²) >= 11 is -3.10. The molecule has 0 aliphatic heterocycles. The van der Waals surface area contributed by atoms with E-state index in [0.29, 0.717) is 5.56 Å². The molecular formula is C13H10F3NOS. The Morgan fingerprint density at radius 2 is 1.63 bits per heavy atom. The van der Waals surface area contributed by atoms with Gasteiger partial charge in [-0.3, -0.25) is 0 Å². The van der Waals surface area contributed by atoms with E-state index in [1.165, 1.54) is 12.1 Å². The van der Waals surface area contributed by atoms with E-state index in [4.69, 9.17) is 5.73 Å². The first-order valence-corrected chi connectivity index (χ1v) is 6.48. The number of alkyl halides is 3. The molecular weight excluding hydrogens is 275 g/mol. The molecule has 0 radical (unpaired) electrons. The third-order valence-electron chi connectivity index (χ3n) is 2.50. The zero-order valence-corrected chi connectivity index (χ0v) is 10.5. The van der Waals surface area contributed by atoms with Crippen molar-refractivity contribution in [2.45, 2.75) is 10.4 Å². The number of nitrogens with two attached hydrogens (primary N) is 1. The van der Waals surface area contributed by atoms with Crippen molar-refractivity contribution < 1.29 is 17.7 Å². The molecule has 0 heterocycles. The van der Waals surface area contributed by atoms with E-state index in [9.17, 15) is 17.7 Å². The van der Waals surface area contributed by atoms with Crippen LogP contribution in [0.1, 0.15) is 0 Å². The van der Waals surface area contributed by atoms with Gasteiger partial charge in [-0.15, -0.1) is 13.2 Å². The minimum absolute atomic E-state index is 0.146. The smallest absolute Gasteiger partial charge is 0.578 e. The zero-order chi connectivity index (χ0) is 14.0. The van der Waals surface area contributed by atoms with E-state index in [0.717, 1.165) is 6.07 Å². The molecule has 0 bridgehead atoms. The SMILES string of the molecule is Nc1ccc(-c2ccccc2)c([S+]([O-])C(F)(F)F)c1. The number of rotatable bonds is 2. The van der Waals surface area contributed by atoms with Crippen LogP contribution >= 0.6 is 0 Å². The quantitative estimate of drug-likeness (QED) is 0.677. The first kappa shape index (κ1) is 13.8. The summed E-state index contributed by atoms with van der Waals surface area (Å²) in [5.41, 5.74) is 1.66. The molecule has 0 saturated heterocycles. The highest BCUT2D eigenvalue weighted by Gasteiger charge is 2.47. The number of benzene rings is 2. The summed E-state index contributed by atoms with van der Waals surface area (Å²) in [5.74, 6) is 0. The fraction of sp³-hybridized carbons (Fsp3) is 0.0769. The summed E-state index contributed by atoms with van der Waals surface area (Å²) in [4.78, 5) is -0.321. The van der Waals surface area contributed by atoms with E-state index >= 15 is 0 Å². The highest BCUT2D eigenvalue weighted by atomic mass is 32.2. The number of anilines is 1. The van der Waals surface area contributed by atoms with E-state index in [2.05, 4.69) is 0 Å².